The van der Waals surface area contributed by atoms with Crippen LogP contribution >= 0.6 is 0 Å². The maximum Gasteiger partial charge on any atom is 0.322 e. The predicted octanol–water partition coefficient (Wildman–Crippen LogP) is 4.85. The molecule has 4 rings (SSSR count). The molecule has 1 amide bonds. The number of nitrogens with one attached hydrogen (secondary N) is 2. The van der Waals surface area contributed by atoms with E-state index in [1.54, 1.807) is 24.3 Å². The molecule has 2 aromatic carbocycles. The number of carboxylic acids is 1. The van der Waals surface area contributed by atoms with Gasteiger partial charge in [0.25, 0.3) is 5.91 Å². The zero-order valence-corrected chi connectivity index (χ0v) is 19.6. The number of nitriles is 1. The van der Waals surface area contributed by atoms with Crippen LogP contribution in [-0.4, -0.2) is 33.1 Å². The second-order valence-corrected chi connectivity index (χ2v) is 9.97. The van der Waals surface area contributed by atoms with Crippen LogP contribution in [0.1, 0.15) is 62.0 Å². The molecule has 1 aliphatic carbocycles. The molecule has 1 aromatic heterocycles. The minimum absolute atomic E-state index is 0.196. The zero-order valence-electron chi connectivity index (χ0n) is 19.6. The van der Waals surface area contributed by atoms with Crippen LogP contribution in [0.4, 0.5) is 11.6 Å². The molecule has 0 radical (unpaired) electrons. The van der Waals surface area contributed by atoms with Gasteiger partial charge in [0, 0.05) is 17.3 Å². The number of carbonyl (C=O) groups is 2. The molecular formula is C26H29N5O3. The van der Waals surface area contributed by atoms with Gasteiger partial charge in [0.15, 0.2) is 0 Å². The number of anilines is 2. The summed E-state index contributed by atoms with van der Waals surface area (Å²) in [5, 5.41) is 23.7. The maximum atomic E-state index is 12.4. The van der Waals surface area contributed by atoms with E-state index in [2.05, 4.69) is 42.0 Å². The van der Waals surface area contributed by atoms with Gasteiger partial charge >= 0.3 is 5.97 Å². The van der Waals surface area contributed by atoms with E-state index in [-0.39, 0.29) is 11.5 Å². The van der Waals surface area contributed by atoms with Crippen LogP contribution in [-0.2, 0) is 4.79 Å². The number of aliphatic carboxylic acids is 1. The first-order valence-electron chi connectivity index (χ1n) is 11.4. The van der Waals surface area contributed by atoms with Crippen molar-refractivity contribution in [3.63, 3.8) is 0 Å². The molecule has 176 valence electrons. The van der Waals surface area contributed by atoms with Gasteiger partial charge in [-0.1, -0.05) is 20.8 Å². The number of imidazole rings is 1. The predicted molar refractivity (Wildman–Crippen MR) is 130 cm³/mol. The van der Waals surface area contributed by atoms with Gasteiger partial charge in [-0.25, -0.2) is 4.98 Å². The van der Waals surface area contributed by atoms with Crippen LogP contribution in [0, 0.1) is 22.7 Å². The molecule has 1 fully saturated rings. The van der Waals surface area contributed by atoms with Crippen LogP contribution in [0.5, 0.6) is 0 Å². The Bertz CT molecular complexity index is 1270. The number of nitrogens with zero attached hydrogens (tertiary/aromatic N) is 3. The Morgan fingerprint density at radius 3 is 2.59 bits per heavy atom. The Kier molecular flexibility index (Phi) is 6.29. The third-order valence-electron chi connectivity index (χ3n) is 6.35. The Hall–Kier alpha value is -3.86. The van der Waals surface area contributed by atoms with E-state index in [4.69, 9.17) is 15.4 Å². The fourth-order valence-corrected chi connectivity index (χ4v) is 5.21. The van der Waals surface area contributed by atoms with Crippen LogP contribution in [0.2, 0.25) is 0 Å². The molecule has 0 saturated heterocycles. The van der Waals surface area contributed by atoms with Crippen LogP contribution < -0.4 is 10.6 Å². The number of rotatable bonds is 6. The van der Waals surface area contributed by atoms with Gasteiger partial charge in [-0.05, 0) is 73.1 Å². The third-order valence-corrected chi connectivity index (χ3v) is 6.35. The molecule has 8 heteroatoms. The molecule has 0 bridgehead atoms. The molecule has 2 atom stereocenters. The van der Waals surface area contributed by atoms with Gasteiger partial charge in [-0.3, -0.25) is 9.59 Å². The lowest BCUT2D eigenvalue weighted by Gasteiger charge is -2.40. The van der Waals surface area contributed by atoms with Gasteiger partial charge in [-0.15, -0.1) is 0 Å². The van der Waals surface area contributed by atoms with Crippen molar-refractivity contribution in [1.82, 2.24) is 14.9 Å². The molecule has 1 aliphatic rings. The van der Waals surface area contributed by atoms with E-state index in [9.17, 15) is 9.59 Å². The van der Waals surface area contributed by atoms with Crippen molar-refractivity contribution >= 4 is 34.5 Å². The van der Waals surface area contributed by atoms with Gasteiger partial charge in [0.1, 0.15) is 6.54 Å². The highest BCUT2D eigenvalue weighted by atomic mass is 16.4. The number of carbonyl (C=O) groups excluding carboxylic acids is 1. The Balaban J connectivity index is 1.75. The highest BCUT2D eigenvalue weighted by molar-refractivity contribution is 5.99. The average molecular weight is 460 g/mol. The van der Waals surface area contributed by atoms with Crippen molar-refractivity contribution < 1.29 is 14.7 Å². The van der Waals surface area contributed by atoms with Gasteiger partial charge in [0.05, 0.1) is 22.7 Å². The summed E-state index contributed by atoms with van der Waals surface area (Å²) in [6.45, 7) is 6.44. The fraction of sp³-hybridized carbons (Fsp3) is 0.385. The fourth-order valence-electron chi connectivity index (χ4n) is 5.21. The molecule has 3 N–H and O–H groups in total. The summed E-state index contributed by atoms with van der Waals surface area (Å²) in [4.78, 5) is 28.0. The monoisotopic (exact) mass is 459 g/mol. The summed E-state index contributed by atoms with van der Waals surface area (Å²) in [6, 6.07) is 14.9. The molecule has 0 unspecified atom stereocenters. The number of benzene rings is 2. The van der Waals surface area contributed by atoms with Crippen molar-refractivity contribution in [2.24, 2.45) is 11.3 Å². The Morgan fingerprint density at radius 1 is 1.21 bits per heavy atom. The van der Waals surface area contributed by atoms with E-state index < -0.39 is 18.4 Å². The first-order chi connectivity index (χ1) is 16.1. The quantitative estimate of drug-likeness (QED) is 0.484. The van der Waals surface area contributed by atoms with Crippen molar-refractivity contribution in [2.45, 2.75) is 46.1 Å². The minimum atomic E-state index is -1.10. The summed E-state index contributed by atoms with van der Waals surface area (Å²) in [5.74, 6) is -0.303. The van der Waals surface area contributed by atoms with Crippen LogP contribution in [0.3, 0.4) is 0 Å². The smallest absolute Gasteiger partial charge is 0.322 e. The highest BCUT2D eigenvalue weighted by Gasteiger charge is 2.34. The second kappa shape index (κ2) is 9.18. The number of amides is 1. The van der Waals surface area contributed by atoms with Crippen molar-refractivity contribution in [3.05, 3.63) is 53.6 Å². The van der Waals surface area contributed by atoms with Gasteiger partial charge in [-0.2, -0.15) is 5.26 Å². The van der Waals surface area contributed by atoms with E-state index in [0.717, 1.165) is 24.0 Å². The van der Waals surface area contributed by atoms with E-state index in [0.29, 0.717) is 28.5 Å². The summed E-state index contributed by atoms with van der Waals surface area (Å²) in [7, 11) is 0. The summed E-state index contributed by atoms with van der Waals surface area (Å²) in [5.41, 5.74) is 3.54. The number of aromatic nitrogens is 2. The Labute approximate surface area is 198 Å². The summed E-state index contributed by atoms with van der Waals surface area (Å²) >= 11 is 0. The molecule has 0 spiro atoms. The third kappa shape index (κ3) is 5.04. The van der Waals surface area contributed by atoms with Crippen molar-refractivity contribution in [3.8, 4) is 6.07 Å². The lowest BCUT2D eigenvalue weighted by atomic mass is 9.70. The summed E-state index contributed by atoms with van der Waals surface area (Å²) < 4.78 is 2.23. The molecular weight excluding hydrogens is 430 g/mol. The molecule has 34 heavy (non-hydrogen) atoms. The lowest BCUT2D eigenvalue weighted by Crippen LogP contribution is -2.30. The van der Waals surface area contributed by atoms with E-state index in [1.807, 2.05) is 18.2 Å². The second-order valence-electron chi connectivity index (χ2n) is 9.97. The van der Waals surface area contributed by atoms with Crippen molar-refractivity contribution in [2.75, 3.05) is 11.9 Å². The number of hydrogen-bond acceptors (Lipinski definition) is 5. The topological polar surface area (TPSA) is 120 Å². The zero-order chi connectivity index (χ0) is 24.5. The molecule has 1 heterocycles. The Morgan fingerprint density at radius 2 is 1.94 bits per heavy atom. The lowest BCUT2D eigenvalue weighted by molar-refractivity contribution is -0.135. The van der Waals surface area contributed by atoms with E-state index >= 15 is 0 Å². The first kappa shape index (κ1) is 23.3. The van der Waals surface area contributed by atoms with Gasteiger partial charge in [0.2, 0.25) is 5.95 Å². The molecule has 3 aromatic rings. The van der Waals surface area contributed by atoms with Crippen LogP contribution in [0.25, 0.3) is 11.0 Å². The number of carboxylic acid groups (broad SMARTS) is 1. The molecule has 1 saturated carbocycles. The van der Waals surface area contributed by atoms with Crippen molar-refractivity contribution in [1.29, 1.82) is 5.26 Å². The standard InChI is InChI=1S/C26H29N5O3/c1-16-10-20(13-26(2,3)12-16)31-22-9-6-18(24(34)28-15-23(32)33)11-21(22)30-25(31)29-19-7-4-17(14-27)5-8-19/h4-9,11,16,20H,10,12-13,15H2,1-3H3,(H,28,34)(H,29,30)(H,32,33)/t16-,20-/m0/s1. The van der Waals surface area contributed by atoms with Crippen LogP contribution in [0.15, 0.2) is 42.5 Å². The van der Waals surface area contributed by atoms with Gasteiger partial charge < -0.3 is 20.3 Å². The summed E-state index contributed by atoms with van der Waals surface area (Å²) in [6.07, 6.45) is 3.20. The largest absolute Gasteiger partial charge is 0.480 e. The van der Waals surface area contributed by atoms with E-state index in [1.165, 1.54) is 6.42 Å². The number of fused-ring (bicyclic) bond motifs is 1. The highest BCUT2D eigenvalue weighted by Crippen LogP contribution is 2.46. The molecule has 8 nitrogen and oxygen atoms in total. The molecule has 0 aliphatic heterocycles. The first-order valence-corrected chi connectivity index (χ1v) is 11.4. The number of hydrogen-bond donors (Lipinski definition) is 3. The normalized spacial score (nSPS) is 19.4. The SMILES string of the molecule is C[C@H]1C[C@H](n2c(Nc3ccc(C#N)cc3)nc3cc(C(=O)NCC(=O)O)ccc32)CC(C)(C)C1. The minimum Gasteiger partial charge on any atom is -0.480 e. The average Bonchev–Trinajstić information content (AvgIpc) is 3.13. The maximum absolute atomic E-state index is 12.4.